The van der Waals surface area contributed by atoms with Crippen molar-refractivity contribution in [1.82, 2.24) is 20.5 Å². The van der Waals surface area contributed by atoms with E-state index in [0.717, 1.165) is 42.8 Å². The topological polar surface area (TPSA) is 182 Å². The summed E-state index contributed by atoms with van der Waals surface area (Å²) >= 11 is 0. The number of quaternary nitrogens is 1. The van der Waals surface area contributed by atoms with Crippen LogP contribution in [-0.2, 0) is 32.3 Å². The second-order valence-electron chi connectivity index (χ2n) is 23.8. The molecule has 0 fully saturated rings. The quantitative estimate of drug-likeness (QED) is 0.0839. The van der Waals surface area contributed by atoms with Gasteiger partial charge in [-0.25, -0.2) is 4.99 Å². The lowest BCUT2D eigenvalue weighted by Gasteiger charge is -2.36. The monoisotopic (exact) mass is 956 g/mol. The van der Waals surface area contributed by atoms with Crippen molar-refractivity contribution < 1.29 is 39.0 Å². The molecule has 3 rings (SSSR count). The molecule has 0 spiro atoms. The molecular weight excluding hydrogens is 857 g/mol. The Balaban J connectivity index is 0. The largest absolute Gasteiger partial charge is 0.506 e. The minimum absolute atomic E-state index is 0.0314. The van der Waals surface area contributed by atoms with Gasteiger partial charge in [0.15, 0.2) is 0 Å². The number of fused-ring (bicyclic) bond motifs is 1. The Kier molecular flexibility index (Phi) is 28.4. The van der Waals surface area contributed by atoms with Crippen LogP contribution in [0, 0.1) is 29.1 Å². The van der Waals surface area contributed by atoms with Crippen molar-refractivity contribution in [2.45, 2.75) is 194 Å². The van der Waals surface area contributed by atoms with Crippen LogP contribution in [0.15, 0.2) is 47.1 Å². The molecule has 13 nitrogen and oxygen atoms in total. The van der Waals surface area contributed by atoms with Crippen molar-refractivity contribution in [3.8, 4) is 5.75 Å². The second-order valence-corrected chi connectivity index (χ2v) is 23.8. The summed E-state index contributed by atoms with van der Waals surface area (Å²) in [5.74, 6) is 1.95. The zero-order chi connectivity index (χ0) is 53.6. The third-order valence-corrected chi connectivity index (χ3v) is 10.7. The molecule has 0 bridgehead atoms. The summed E-state index contributed by atoms with van der Waals surface area (Å²) in [6, 6.07) is 0. The molecule has 3 heterocycles. The average molecular weight is 956 g/mol. The average Bonchev–Trinajstić information content (AvgIpc) is 3.67. The predicted molar refractivity (Wildman–Crippen MR) is 282 cm³/mol. The van der Waals surface area contributed by atoms with Crippen molar-refractivity contribution in [2.24, 2.45) is 27.2 Å². The lowest BCUT2D eigenvalue weighted by molar-refractivity contribution is -0.873. The van der Waals surface area contributed by atoms with Crippen LogP contribution in [0.5, 0.6) is 5.75 Å². The molecule has 390 valence electrons. The SMILES string of the molecule is CC(C)(C)C(=O)CC(O)C[N+](C)(C)C.CC(C)(C)N1CN=C2NCC=C2C1=O.CC/C=C\CC(=O)C(C)(C)C.CC/C=C\CC(C)(C)C(=O)C(C)C.Cc1ncc(CO)c(CNC(C)(C)C)c1O. The predicted octanol–water partition coefficient (Wildman–Crippen LogP) is 9.60. The number of hydrogen-bond donors (Lipinski definition) is 5. The van der Waals surface area contributed by atoms with Gasteiger partial charge in [0.1, 0.15) is 48.3 Å². The molecule has 1 amide bonds. The first kappa shape index (κ1) is 66.0. The Morgan fingerprint density at radius 3 is 1.84 bits per heavy atom. The molecule has 1 aromatic heterocycles. The van der Waals surface area contributed by atoms with Gasteiger partial charge in [0.25, 0.3) is 5.91 Å². The number of rotatable bonds is 15. The summed E-state index contributed by atoms with van der Waals surface area (Å²) in [7, 11) is 6.01. The Hall–Kier alpha value is -4.04. The smallest absolute Gasteiger partial charge is 0.259 e. The van der Waals surface area contributed by atoms with Crippen LogP contribution < -0.4 is 10.6 Å². The van der Waals surface area contributed by atoms with E-state index in [9.17, 15) is 34.5 Å². The number of Topliss-reactive ketones (excluding diaryl/α,β-unsaturated/α-hetero) is 3. The number of carbonyl (C=O) groups excluding carboxylic acids is 4. The Morgan fingerprint density at radius 2 is 1.40 bits per heavy atom. The van der Waals surface area contributed by atoms with Crippen molar-refractivity contribution in [3.05, 3.63) is 59.0 Å². The highest BCUT2D eigenvalue weighted by molar-refractivity contribution is 6.23. The summed E-state index contributed by atoms with van der Waals surface area (Å²) in [4.78, 5) is 56.7. The standard InChI is InChI=1S/C12H20N2O2.C12H22O.C11H24NO2.C10H15N3O.C10H18O/c1-8-11(16)10(6-14-12(2,3)4)9(7-15)5-13-8;1-6-7-8-9-12(4,5)11(13)10(2)3;1-11(2,3)10(14)7-9(13)8-12(4,5)6;1-10(2,3)13-6-12-8-7(9(13)14)4-5-11-8;1-5-6-7-8-9(11)10(2,3)4/h5,14-16H,6-7H2,1-4H3;7-8,10H,6,9H2,1-5H3;9,13H,7-8H2,1-6H3;4H,5-6H2,1-3H3,(H,11,12);6-7H,5,8H2,1-4H3/q;;+1;;/b;8-7-;;;7-6-. The third-order valence-electron chi connectivity index (χ3n) is 10.7. The number of aliphatic hydroxyl groups is 2. The lowest BCUT2D eigenvalue weighted by atomic mass is 9.79. The van der Waals surface area contributed by atoms with E-state index in [2.05, 4.69) is 67.4 Å². The maximum absolute atomic E-state index is 12.0. The Bertz CT molecular complexity index is 1860. The molecule has 5 N–H and O–H groups in total. The number of hydrogen-bond acceptors (Lipinski definition) is 11. The zero-order valence-corrected chi connectivity index (χ0v) is 47.0. The van der Waals surface area contributed by atoms with Crippen molar-refractivity contribution in [2.75, 3.05) is 40.9 Å². The molecule has 0 radical (unpaired) electrons. The third kappa shape index (κ3) is 27.2. The van der Waals surface area contributed by atoms with Gasteiger partial charge in [-0.15, -0.1) is 0 Å². The maximum atomic E-state index is 12.0. The van der Waals surface area contributed by atoms with Crippen LogP contribution in [0.2, 0.25) is 0 Å². The molecule has 68 heavy (non-hydrogen) atoms. The zero-order valence-electron chi connectivity index (χ0n) is 47.0. The first-order chi connectivity index (χ1) is 30.8. The number of nitrogens with one attached hydrogen (secondary N) is 2. The summed E-state index contributed by atoms with van der Waals surface area (Å²) in [5.41, 5.74) is 1.80. The molecule has 1 aromatic rings. The normalized spacial score (nSPS) is 14.8. The van der Waals surface area contributed by atoms with Crippen molar-refractivity contribution >= 4 is 29.1 Å². The molecule has 0 aliphatic carbocycles. The van der Waals surface area contributed by atoms with E-state index in [-0.39, 0.29) is 63.7 Å². The van der Waals surface area contributed by atoms with E-state index in [1.807, 2.05) is 129 Å². The number of aromatic hydroxyl groups is 1. The fourth-order valence-corrected chi connectivity index (χ4v) is 6.32. The summed E-state index contributed by atoms with van der Waals surface area (Å²) in [5, 5.41) is 35.1. The number of amidine groups is 1. The number of allylic oxidation sites excluding steroid dienone is 4. The first-order valence-corrected chi connectivity index (χ1v) is 24.5. The van der Waals surface area contributed by atoms with Gasteiger partial charge in [0.2, 0.25) is 0 Å². The minimum Gasteiger partial charge on any atom is -0.506 e. The molecule has 1 unspecified atom stereocenters. The van der Waals surface area contributed by atoms with Crippen LogP contribution in [0.4, 0.5) is 0 Å². The molecule has 2 aliphatic heterocycles. The Labute approximate surface area is 414 Å². The lowest BCUT2D eigenvalue weighted by Crippen LogP contribution is -2.50. The highest BCUT2D eigenvalue weighted by atomic mass is 16.3. The molecule has 0 saturated heterocycles. The van der Waals surface area contributed by atoms with Gasteiger partial charge in [-0.2, -0.15) is 0 Å². The number of aliphatic hydroxyl groups excluding tert-OH is 2. The second kappa shape index (κ2) is 29.2. The number of likely N-dealkylation sites (N-methyl/N-ethyl adjacent to an activating group) is 1. The Morgan fingerprint density at radius 1 is 0.868 bits per heavy atom. The molecule has 0 aromatic carbocycles. The van der Waals surface area contributed by atoms with Crippen molar-refractivity contribution in [1.29, 1.82) is 0 Å². The molecule has 0 saturated carbocycles. The van der Waals surface area contributed by atoms with Gasteiger partial charge in [-0.3, -0.25) is 24.2 Å². The van der Waals surface area contributed by atoms with E-state index < -0.39 is 6.10 Å². The molecular formula is C55H99N6O7+. The van der Waals surface area contributed by atoms with Gasteiger partial charge in [0.05, 0.1) is 39.0 Å². The van der Waals surface area contributed by atoms with Crippen molar-refractivity contribution in [3.63, 3.8) is 0 Å². The van der Waals surface area contributed by atoms with E-state index >= 15 is 0 Å². The fourth-order valence-electron chi connectivity index (χ4n) is 6.32. The number of aromatic nitrogens is 1. The van der Waals surface area contributed by atoms with E-state index in [1.165, 1.54) is 0 Å². The summed E-state index contributed by atoms with van der Waals surface area (Å²) in [6.07, 6.45) is 15.0. The number of ketones is 3. The van der Waals surface area contributed by atoms with Crippen LogP contribution in [0.3, 0.4) is 0 Å². The number of aryl methyl sites for hydroxylation is 1. The summed E-state index contributed by atoms with van der Waals surface area (Å²) in [6.45, 7) is 39.8. The number of aliphatic imine (C=N–C) groups is 1. The van der Waals surface area contributed by atoms with E-state index in [4.69, 9.17) is 0 Å². The van der Waals surface area contributed by atoms with Gasteiger partial charge < -0.3 is 35.3 Å². The fraction of sp³-hybridized carbons (Fsp3) is 0.709. The summed E-state index contributed by atoms with van der Waals surface area (Å²) < 4.78 is 0.679. The van der Waals surface area contributed by atoms with E-state index in [1.54, 1.807) is 18.0 Å². The van der Waals surface area contributed by atoms with Crippen LogP contribution in [0.1, 0.15) is 174 Å². The number of amides is 1. The van der Waals surface area contributed by atoms with Crippen LogP contribution >= 0.6 is 0 Å². The highest BCUT2D eigenvalue weighted by Gasteiger charge is 2.35. The van der Waals surface area contributed by atoms with Gasteiger partial charge >= 0.3 is 0 Å². The maximum Gasteiger partial charge on any atom is 0.259 e. The first-order valence-electron chi connectivity index (χ1n) is 24.5. The minimum atomic E-state index is -0.526. The number of nitrogens with zero attached hydrogens (tertiary/aromatic N) is 4. The number of pyridine rings is 1. The van der Waals surface area contributed by atoms with Crippen LogP contribution in [-0.4, -0.2) is 117 Å². The number of carbonyl (C=O) groups is 4. The van der Waals surface area contributed by atoms with E-state index in [0.29, 0.717) is 53.5 Å². The molecule has 13 heteroatoms. The van der Waals surface area contributed by atoms with Crippen LogP contribution in [0.25, 0.3) is 0 Å². The van der Waals surface area contributed by atoms with Gasteiger partial charge in [-0.1, -0.05) is 107 Å². The molecule has 1 atom stereocenters. The van der Waals surface area contributed by atoms with Gasteiger partial charge in [-0.05, 0) is 73.8 Å². The highest BCUT2D eigenvalue weighted by Crippen LogP contribution is 2.27. The van der Waals surface area contributed by atoms with Gasteiger partial charge in [0, 0.05) is 76.5 Å². The molecule has 2 aliphatic rings.